The van der Waals surface area contributed by atoms with Gasteiger partial charge >= 0.3 is 0 Å². The number of sulfone groups is 1. The molecule has 0 amide bonds. The zero-order chi connectivity index (χ0) is 14.9. The molecule has 1 N–H and O–H groups in total. The fourth-order valence-corrected chi connectivity index (χ4v) is 2.34. The molecule has 0 aliphatic carbocycles. The predicted molar refractivity (Wildman–Crippen MR) is 78.3 cm³/mol. The molecule has 1 atom stereocenters. The smallest absolute Gasteiger partial charge is 0.254 e. The van der Waals surface area contributed by atoms with Crippen molar-refractivity contribution in [2.24, 2.45) is 0 Å². The lowest BCUT2D eigenvalue weighted by molar-refractivity contribution is 0.589. The molecule has 0 bridgehead atoms. The van der Waals surface area contributed by atoms with Gasteiger partial charge in [-0.05, 0) is 13.8 Å². The third kappa shape index (κ3) is 2.80. The number of hydrogen-bond donors (Lipinski definition) is 1. The largest absolute Gasteiger partial charge is 0.309 e. The number of H-pyrrole nitrogens is 1. The Hall–Kier alpha value is -1.95. The fourth-order valence-electron chi connectivity index (χ4n) is 1.82. The highest BCUT2D eigenvalue weighted by atomic mass is 32.2. The van der Waals surface area contributed by atoms with Crippen LogP contribution in [0.4, 0.5) is 0 Å². The van der Waals surface area contributed by atoms with Crippen molar-refractivity contribution in [3.05, 3.63) is 52.1 Å². The van der Waals surface area contributed by atoms with E-state index in [0.717, 1.165) is 11.8 Å². The average Bonchev–Trinajstić information content (AvgIpc) is 2.41. The van der Waals surface area contributed by atoms with E-state index in [-0.39, 0.29) is 11.4 Å². The zero-order valence-corrected chi connectivity index (χ0v) is 12.4. The molecule has 20 heavy (non-hydrogen) atoms. The molecule has 0 radical (unpaired) electrons. The number of hydrogen-bond acceptors (Lipinski definition) is 4. The van der Waals surface area contributed by atoms with Crippen LogP contribution >= 0.6 is 0 Å². The van der Waals surface area contributed by atoms with E-state index in [1.54, 1.807) is 6.92 Å². The Balaban J connectivity index is 2.66. The minimum absolute atomic E-state index is 0.168. The number of aromatic nitrogens is 2. The molecular weight excluding hydrogens is 276 g/mol. The normalized spacial score (nSPS) is 13.2. The summed E-state index contributed by atoms with van der Waals surface area (Å²) in [7, 11) is -3.32. The first kappa shape index (κ1) is 14.5. The summed E-state index contributed by atoms with van der Waals surface area (Å²) >= 11 is 0. The van der Waals surface area contributed by atoms with Gasteiger partial charge in [0.1, 0.15) is 11.1 Å². The Morgan fingerprint density at radius 2 is 1.80 bits per heavy atom. The lowest BCUT2D eigenvalue weighted by Gasteiger charge is -2.12. The van der Waals surface area contributed by atoms with Crippen LogP contribution in [-0.4, -0.2) is 24.6 Å². The molecule has 1 unspecified atom stereocenters. The van der Waals surface area contributed by atoms with Gasteiger partial charge in [0.15, 0.2) is 9.84 Å². The predicted octanol–water partition coefficient (Wildman–Crippen LogP) is 1.85. The van der Waals surface area contributed by atoms with Crippen LogP contribution < -0.4 is 5.56 Å². The summed E-state index contributed by atoms with van der Waals surface area (Å²) < 4.78 is 23.2. The van der Waals surface area contributed by atoms with Gasteiger partial charge in [0.05, 0.1) is 5.69 Å². The quantitative estimate of drug-likeness (QED) is 0.936. The van der Waals surface area contributed by atoms with Gasteiger partial charge in [0.25, 0.3) is 5.56 Å². The monoisotopic (exact) mass is 292 g/mol. The second-order valence-electron chi connectivity index (χ2n) is 4.76. The van der Waals surface area contributed by atoms with E-state index in [1.807, 2.05) is 30.3 Å². The molecule has 1 heterocycles. The van der Waals surface area contributed by atoms with Crippen molar-refractivity contribution < 1.29 is 8.42 Å². The molecule has 0 saturated carbocycles. The summed E-state index contributed by atoms with van der Waals surface area (Å²) in [6.07, 6.45) is 1.12. The molecule has 0 fully saturated rings. The van der Waals surface area contributed by atoms with E-state index in [1.165, 1.54) is 6.92 Å². The first-order valence-corrected chi connectivity index (χ1v) is 8.11. The van der Waals surface area contributed by atoms with Crippen molar-refractivity contribution >= 4 is 9.84 Å². The van der Waals surface area contributed by atoms with Crippen molar-refractivity contribution in [3.63, 3.8) is 0 Å². The van der Waals surface area contributed by atoms with Gasteiger partial charge in [0.2, 0.25) is 0 Å². The van der Waals surface area contributed by atoms with Crippen LogP contribution in [0.2, 0.25) is 0 Å². The van der Waals surface area contributed by atoms with Crippen LogP contribution in [0.3, 0.4) is 0 Å². The molecule has 2 rings (SSSR count). The zero-order valence-electron chi connectivity index (χ0n) is 11.5. The highest BCUT2D eigenvalue weighted by Crippen LogP contribution is 2.22. The molecule has 0 aliphatic heterocycles. The third-order valence-corrected chi connectivity index (χ3v) is 4.75. The van der Waals surface area contributed by atoms with E-state index in [2.05, 4.69) is 9.97 Å². The summed E-state index contributed by atoms with van der Waals surface area (Å²) in [5.41, 5.74) is 1.46. The van der Waals surface area contributed by atoms with Gasteiger partial charge in [-0.1, -0.05) is 30.3 Å². The summed E-state index contributed by atoms with van der Waals surface area (Å²) in [5.74, 6) is 0.168. The highest BCUT2D eigenvalue weighted by molar-refractivity contribution is 7.90. The molecule has 1 aromatic heterocycles. The third-order valence-electron chi connectivity index (χ3n) is 3.24. The van der Waals surface area contributed by atoms with E-state index >= 15 is 0 Å². The number of nitrogens with zero attached hydrogens (tertiary/aromatic N) is 1. The number of rotatable bonds is 3. The maximum Gasteiger partial charge on any atom is 0.254 e. The lowest BCUT2D eigenvalue weighted by Crippen LogP contribution is -2.20. The Morgan fingerprint density at radius 3 is 2.35 bits per heavy atom. The molecule has 0 aliphatic rings. The molecule has 0 spiro atoms. The van der Waals surface area contributed by atoms with E-state index in [9.17, 15) is 13.2 Å². The van der Waals surface area contributed by atoms with Crippen LogP contribution in [-0.2, 0) is 9.84 Å². The van der Waals surface area contributed by atoms with E-state index in [0.29, 0.717) is 11.3 Å². The average molecular weight is 292 g/mol. The molecule has 5 nitrogen and oxygen atoms in total. The second-order valence-corrected chi connectivity index (χ2v) is 7.13. The number of benzene rings is 1. The van der Waals surface area contributed by atoms with E-state index in [4.69, 9.17) is 0 Å². The Labute approximate surface area is 117 Å². The van der Waals surface area contributed by atoms with E-state index < -0.39 is 15.1 Å². The number of nitrogens with one attached hydrogen (secondary N) is 1. The van der Waals surface area contributed by atoms with Gasteiger partial charge in [-0.3, -0.25) is 4.79 Å². The van der Waals surface area contributed by atoms with Crippen LogP contribution in [0.1, 0.15) is 23.6 Å². The lowest BCUT2D eigenvalue weighted by atomic mass is 10.1. The minimum Gasteiger partial charge on any atom is -0.309 e. The minimum atomic E-state index is -3.32. The maximum atomic E-state index is 12.0. The maximum absolute atomic E-state index is 12.0. The topological polar surface area (TPSA) is 79.9 Å². The van der Waals surface area contributed by atoms with Crippen molar-refractivity contribution in [2.45, 2.75) is 19.1 Å². The molecule has 6 heteroatoms. The van der Waals surface area contributed by atoms with Gasteiger partial charge < -0.3 is 4.98 Å². The molecule has 0 saturated heterocycles. The van der Waals surface area contributed by atoms with Gasteiger partial charge in [-0.2, -0.15) is 0 Å². The summed E-state index contributed by atoms with van der Waals surface area (Å²) in [4.78, 5) is 18.9. The number of aromatic amines is 1. The van der Waals surface area contributed by atoms with Crippen LogP contribution in [0.15, 0.2) is 35.1 Å². The standard InChI is InChI=1S/C14H16N2O3S/c1-9-12(11-7-5-4-6-8-11)15-13(16-14(9)17)10(2)20(3,18)19/h4-8,10H,1-3H3,(H,15,16,17). The Morgan fingerprint density at radius 1 is 1.20 bits per heavy atom. The van der Waals surface area contributed by atoms with Gasteiger partial charge in [-0.25, -0.2) is 13.4 Å². The second kappa shape index (κ2) is 5.20. The molecular formula is C14H16N2O3S. The van der Waals surface area contributed by atoms with Crippen LogP contribution in [0.5, 0.6) is 0 Å². The summed E-state index contributed by atoms with van der Waals surface area (Å²) in [5, 5.41) is -0.849. The van der Waals surface area contributed by atoms with Crippen molar-refractivity contribution in [1.82, 2.24) is 9.97 Å². The molecule has 2 aromatic rings. The Bertz CT molecular complexity index is 780. The van der Waals surface area contributed by atoms with Crippen molar-refractivity contribution in [2.75, 3.05) is 6.26 Å². The highest BCUT2D eigenvalue weighted by Gasteiger charge is 2.21. The SMILES string of the molecule is Cc1c(-c2ccccc2)nc(C(C)S(C)(=O)=O)[nH]c1=O. The Kier molecular flexibility index (Phi) is 3.76. The molecule has 1 aromatic carbocycles. The first-order chi connectivity index (χ1) is 9.30. The van der Waals surface area contributed by atoms with Crippen molar-refractivity contribution in [1.29, 1.82) is 0 Å². The van der Waals surface area contributed by atoms with Gasteiger partial charge in [-0.15, -0.1) is 0 Å². The summed E-state index contributed by atoms with van der Waals surface area (Å²) in [6, 6.07) is 9.23. The first-order valence-electron chi connectivity index (χ1n) is 6.16. The van der Waals surface area contributed by atoms with Crippen LogP contribution in [0.25, 0.3) is 11.3 Å². The fraction of sp³-hybridized carbons (Fsp3) is 0.286. The summed E-state index contributed by atoms with van der Waals surface area (Å²) in [6.45, 7) is 3.18. The van der Waals surface area contributed by atoms with Crippen LogP contribution in [0, 0.1) is 6.92 Å². The molecule has 106 valence electrons. The van der Waals surface area contributed by atoms with Crippen molar-refractivity contribution in [3.8, 4) is 11.3 Å². The van der Waals surface area contributed by atoms with Gasteiger partial charge in [0, 0.05) is 17.4 Å².